The highest BCUT2D eigenvalue weighted by molar-refractivity contribution is 9.09. The maximum Gasteiger partial charge on any atom is 0.138 e. The first-order valence-corrected chi connectivity index (χ1v) is 6.51. The summed E-state index contributed by atoms with van der Waals surface area (Å²) in [6.07, 6.45) is 1.15. The number of benzene rings is 1. The monoisotopic (exact) mass is 304 g/mol. The minimum Gasteiger partial charge on any atom is -0.486 e. The highest BCUT2D eigenvalue weighted by atomic mass is 79.9. The van der Waals surface area contributed by atoms with Crippen LogP contribution in [0.1, 0.15) is 12.0 Å². The lowest BCUT2D eigenvalue weighted by Crippen LogP contribution is -2.51. The lowest BCUT2D eigenvalue weighted by atomic mass is 9.91. The molecule has 0 N–H and O–H groups in total. The van der Waals surface area contributed by atoms with Crippen molar-refractivity contribution >= 4 is 27.5 Å². The van der Waals surface area contributed by atoms with Crippen LogP contribution in [0, 0.1) is 6.92 Å². The Morgan fingerprint density at radius 1 is 1.44 bits per heavy atom. The van der Waals surface area contributed by atoms with Crippen molar-refractivity contribution < 1.29 is 9.47 Å². The zero-order valence-corrected chi connectivity index (χ0v) is 11.6. The second-order valence-corrected chi connectivity index (χ2v) is 5.63. The molecule has 0 aromatic heterocycles. The average molecular weight is 306 g/mol. The lowest BCUT2D eigenvalue weighted by Gasteiger charge is -2.40. The highest BCUT2D eigenvalue weighted by Crippen LogP contribution is 2.36. The van der Waals surface area contributed by atoms with Gasteiger partial charge >= 0.3 is 0 Å². The summed E-state index contributed by atoms with van der Waals surface area (Å²) >= 11 is 9.61. The van der Waals surface area contributed by atoms with Gasteiger partial charge in [0.2, 0.25) is 0 Å². The molecule has 1 aliphatic carbocycles. The van der Waals surface area contributed by atoms with Gasteiger partial charge in [0.25, 0.3) is 0 Å². The third-order valence-electron chi connectivity index (χ3n) is 2.82. The molecule has 2 nitrogen and oxygen atoms in total. The minimum atomic E-state index is 0.0914. The van der Waals surface area contributed by atoms with Crippen LogP contribution in [0.3, 0.4) is 0 Å². The number of alkyl halides is 1. The summed E-state index contributed by atoms with van der Waals surface area (Å²) in [5, 5.41) is 0.651. The molecule has 4 heteroatoms. The van der Waals surface area contributed by atoms with Crippen molar-refractivity contribution in [3.05, 3.63) is 28.8 Å². The molecule has 3 atom stereocenters. The molecule has 0 radical (unpaired) electrons. The largest absolute Gasteiger partial charge is 0.486 e. The summed E-state index contributed by atoms with van der Waals surface area (Å²) < 4.78 is 11.2. The van der Waals surface area contributed by atoms with Gasteiger partial charge in [0, 0.05) is 18.4 Å². The standard InChI is InChI=1S/C12H14BrClO2/c1-7-3-4-9(14)10(5-7)16-11-6-8(13)12(11)15-2/h3-5,8,11-12H,6H2,1-2H3. The van der Waals surface area contributed by atoms with Crippen LogP contribution < -0.4 is 4.74 Å². The number of hydrogen-bond acceptors (Lipinski definition) is 2. The maximum absolute atomic E-state index is 6.07. The molecule has 1 aromatic rings. The highest BCUT2D eigenvalue weighted by Gasteiger charge is 2.41. The second kappa shape index (κ2) is 4.94. The van der Waals surface area contributed by atoms with Gasteiger partial charge in [-0.1, -0.05) is 33.6 Å². The van der Waals surface area contributed by atoms with Gasteiger partial charge in [-0.15, -0.1) is 0 Å². The Hall–Kier alpha value is -0.250. The Bertz CT molecular complexity index is 383. The summed E-state index contributed by atoms with van der Waals surface area (Å²) in [7, 11) is 1.70. The predicted molar refractivity (Wildman–Crippen MR) is 68.7 cm³/mol. The predicted octanol–water partition coefficient (Wildman–Crippen LogP) is 3.58. The Morgan fingerprint density at radius 3 is 2.81 bits per heavy atom. The van der Waals surface area contributed by atoms with Crippen molar-refractivity contribution in [1.82, 2.24) is 0 Å². The minimum absolute atomic E-state index is 0.0914. The molecule has 0 aliphatic heterocycles. The summed E-state index contributed by atoms with van der Waals surface area (Å²) in [6, 6.07) is 5.78. The molecule has 2 rings (SSSR count). The Kier molecular flexibility index (Phi) is 3.77. The van der Waals surface area contributed by atoms with Crippen molar-refractivity contribution in [2.45, 2.75) is 30.4 Å². The fourth-order valence-corrected chi connectivity index (χ4v) is 2.89. The van der Waals surface area contributed by atoms with Crippen molar-refractivity contribution in [2.24, 2.45) is 0 Å². The van der Waals surface area contributed by atoms with Crippen LogP contribution in [0.2, 0.25) is 5.02 Å². The van der Waals surface area contributed by atoms with Crippen molar-refractivity contribution in [3.8, 4) is 5.75 Å². The van der Waals surface area contributed by atoms with E-state index in [0.29, 0.717) is 9.85 Å². The molecule has 0 saturated heterocycles. The van der Waals surface area contributed by atoms with E-state index < -0.39 is 0 Å². The molecule has 88 valence electrons. The second-order valence-electron chi connectivity index (χ2n) is 4.04. The molecule has 16 heavy (non-hydrogen) atoms. The first kappa shape index (κ1) is 12.2. The van der Waals surface area contributed by atoms with Gasteiger partial charge in [-0.3, -0.25) is 0 Å². The number of hydrogen-bond donors (Lipinski definition) is 0. The Labute approximate surface area is 109 Å². The zero-order chi connectivity index (χ0) is 11.7. The Morgan fingerprint density at radius 2 is 2.19 bits per heavy atom. The van der Waals surface area contributed by atoms with E-state index in [9.17, 15) is 0 Å². The zero-order valence-electron chi connectivity index (χ0n) is 9.24. The van der Waals surface area contributed by atoms with Crippen LogP contribution >= 0.6 is 27.5 Å². The molecule has 0 bridgehead atoms. The number of aryl methyl sites for hydroxylation is 1. The van der Waals surface area contributed by atoms with E-state index in [1.165, 1.54) is 0 Å². The molecule has 3 unspecified atom stereocenters. The first-order chi connectivity index (χ1) is 7.61. The summed E-state index contributed by atoms with van der Waals surface area (Å²) in [4.78, 5) is 0.381. The topological polar surface area (TPSA) is 18.5 Å². The van der Waals surface area contributed by atoms with Gasteiger partial charge in [-0.05, 0) is 24.6 Å². The maximum atomic E-state index is 6.07. The normalized spacial score (nSPS) is 28.6. The van der Waals surface area contributed by atoms with E-state index in [1.54, 1.807) is 7.11 Å². The van der Waals surface area contributed by atoms with E-state index in [1.807, 2.05) is 25.1 Å². The van der Waals surface area contributed by atoms with Crippen LogP contribution in [0.5, 0.6) is 5.75 Å². The van der Waals surface area contributed by atoms with E-state index >= 15 is 0 Å². The molecule has 0 spiro atoms. The molecular formula is C12H14BrClO2. The molecule has 1 saturated carbocycles. The first-order valence-electron chi connectivity index (χ1n) is 5.21. The average Bonchev–Trinajstić information content (AvgIpc) is 2.23. The van der Waals surface area contributed by atoms with Crippen molar-refractivity contribution in [3.63, 3.8) is 0 Å². The van der Waals surface area contributed by atoms with Gasteiger partial charge in [0.1, 0.15) is 18.0 Å². The third-order valence-corrected chi connectivity index (χ3v) is 4.02. The molecule has 1 aromatic carbocycles. The summed E-state index contributed by atoms with van der Waals surface area (Å²) in [5.41, 5.74) is 1.14. The fraction of sp³-hybridized carbons (Fsp3) is 0.500. The summed E-state index contributed by atoms with van der Waals surface area (Å²) in [5.74, 6) is 0.744. The fourth-order valence-electron chi connectivity index (χ4n) is 1.81. The lowest BCUT2D eigenvalue weighted by molar-refractivity contribution is -0.0544. The van der Waals surface area contributed by atoms with E-state index in [2.05, 4.69) is 15.9 Å². The third kappa shape index (κ3) is 2.36. The van der Waals surface area contributed by atoms with Crippen LogP contribution in [-0.2, 0) is 4.74 Å². The van der Waals surface area contributed by atoms with E-state index in [0.717, 1.165) is 17.7 Å². The quantitative estimate of drug-likeness (QED) is 0.795. The molecule has 0 heterocycles. The van der Waals surface area contributed by atoms with Gasteiger partial charge < -0.3 is 9.47 Å². The molecular weight excluding hydrogens is 291 g/mol. The smallest absolute Gasteiger partial charge is 0.138 e. The van der Waals surface area contributed by atoms with Gasteiger partial charge in [-0.25, -0.2) is 0 Å². The molecule has 1 fully saturated rings. The number of rotatable bonds is 3. The molecule has 0 amide bonds. The SMILES string of the molecule is COC1C(Br)CC1Oc1cc(C)ccc1Cl. The number of methoxy groups -OCH3 is 1. The van der Waals surface area contributed by atoms with Crippen LogP contribution in [0.15, 0.2) is 18.2 Å². The van der Waals surface area contributed by atoms with Gasteiger partial charge in [0.15, 0.2) is 0 Å². The molecule has 1 aliphatic rings. The van der Waals surface area contributed by atoms with E-state index in [-0.39, 0.29) is 12.2 Å². The van der Waals surface area contributed by atoms with Crippen LogP contribution in [0.4, 0.5) is 0 Å². The summed E-state index contributed by atoms with van der Waals surface area (Å²) in [6.45, 7) is 2.02. The van der Waals surface area contributed by atoms with E-state index in [4.69, 9.17) is 21.1 Å². The van der Waals surface area contributed by atoms with Gasteiger partial charge in [-0.2, -0.15) is 0 Å². The number of halogens is 2. The van der Waals surface area contributed by atoms with Crippen molar-refractivity contribution in [2.75, 3.05) is 7.11 Å². The van der Waals surface area contributed by atoms with Crippen LogP contribution in [0.25, 0.3) is 0 Å². The van der Waals surface area contributed by atoms with Crippen molar-refractivity contribution in [1.29, 1.82) is 0 Å². The van der Waals surface area contributed by atoms with Gasteiger partial charge in [0.05, 0.1) is 5.02 Å². The van der Waals surface area contributed by atoms with Crippen LogP contribution in [-0.4, -0.2) is 24.1 Å². The Balaban J connectivity index is 2.07. The number of ether oxygens (including phenoxy) is 2.